The molecule has 2 amide bonds. The Morgan fingerprint density at radius 3 is 2.54 bits per heavy atom. The van der Waals surface area contributed by atoms with Crippen LogP contribution in [0.3, 0.4) is 0 Å². The molecule has 0 unspecified atom stereocenters. The first kappa shape index (κ1) is 18.4. The van der Waals surface area contributed by atoms with Gasteiger partial charge in [-0.1, -0.05) is 24.3 Å². The molecule has 24 heavy (non-hydrogen) atoms. The highest BCUT2D eigenvalue weighted by Gasteiger charge is 2.41. The summed E-state index contributed by atoms with van der Waals surface area (Å²) in [6, 6.07) is 7.41. The van der Waals surface area contributed by atoms with Crippen LogP contribution in [-0.4, -0.2) is 80.5 Å². The topological polar surface area (TPSA) is 53.1 Å². The predicted octanol–water partition coefficient (Wildman–Crippen LogP) is 0.913. The van der Waals surface area contributed by atoms with Crippen LogP contribution in [0.15, 0.2) is 24.3 Å². The molecule has 0 spiro atoms. The van der Waals surface area contributed by atoms with Crippen molar-refractivity contribution in [3.05, 3.63) is 35.4 Å². The first-order valence-corrected chi connectivity index (χ1v) is 8.15. The number of carbonyl (C=O) groups excluding carboxylic acids is 2. The van der Waals surface area contributed by atoms with Crippen LogP contribution in [0.5, 0.6) is 0 Å². The highest BCUT2D eigenvalue weighted by atomic mass is 16.5. The maximum absolute atomic E-state index is 12.9. The van der Waals surface area contributed by atoms with Crippen LogP contribution in [0.25, 0.3) is 0 Å². The summed E-state index contributed by atoms with van der Waals surface area (Å²) in [7, 11) is 7.46. The summed E-state index contributed by atoms with van der Waals surface area (Å²) in [5, 5.41) is 0. The van der Waals surface area contributed by atoms with Gasteiger partial charge in [-0.3, -0.25) is 9.59 Å². The van der Waals surface area contributed by atoms with Crippen molar-refractivity contribution >= 4 is 11.8 Å². The number of hydrogen-bond donors (Lipinski definition) is 0. The molecule has 0 saturated carbocycles. The van der Waals surface area contributed by atoms with Crippen molar-refractivity contribution in [1.29, 1.82) is 0 Å². The summed E-state index contributed by atoms with van der Waals surface area (Å²) in [5.41, 5.74) is 1.99. The molecule has 0 bridgehead atoms. The Kier molecular flexibility index (Phi) is 5.96. The highest BCUT2D eigenvalue weighted by molar-refractivity contribution is 5.86. The molecule has 1 aliphatic rings. The van der Waals surface area contributed by atoms with E-state index in [0.717, 1.165) is 17.7 Å². The fourth-order valence-electron chi connectivity index (χ4n) is 2.89. The average molecular weight is 333 g/mol. The Balaban J connectivity index is 2.27. The van der Waals surface area contributed by atoms with Gasteiger partial charge in [0.1, 0.15) is 6.61 Å². The van der Waals surface area contributed by atoms with Gasteiger partial charge >= 0.3 is 0 Å². The Morgan fingerprint density at radius 2 is 1.92 bits per heavy atom. The van der Waals surface area contributed by atoms with Crippen molar-refractivity contribution in [2.75, 3.05) is 47.9 Å². The zero-order chi connectivity index (χ0) is 17.9. The van der Waals surface area contributed by atoms with E-state index in [-0.39, 0.29) is 18.4 Å². The number of hydrogen-bond acceptors (Lipinski definition) is 4. The fourth-order valence-corrected chi connectivity index (χ4v) is 2.89. The first-order valence-electron chi connectivity index (χ1n) is 8.15. The second-order valence-corrected chi connectivity index (χ2v) is 6.60. The van der Waals surface area contributed by atoms with Gasteiger partial charge in [-0.15, -0.1) is 0 Å². The van der Waals surface area contributed by atoms with Gasteiger partial charge in [-0.05, 0) is 32.1 Å². The second kappa shape index (κ2) is 7.77. The quantitative estimate of drug-likeness (QED) is 0.804. The SMILES string of the molecule is Cc1ccccc1[C@@H]1[C@@H](C(=O)N(C)CCN(C)C)OCC(=O)N1C. The molecular weight excluding hydrogens is 306 g/mol. The minimum absolute atomic E-state index is 0.0587. The predicted molar refractivity (Wildman–Crippen MR) is 92.6 cm³/mol. The third-order valence-corrected chi connectivity index (χ3v) is 4.49. The molecule has 2 atom stereocenters. The van der Waals surface area contributed by atoms with E-state index >= 15 is 0 Å². The summed E-state index contributed by atoms with van der Waals surface area (Å²) in [6.45, 7) is 3.32. The second-order valence-electron chi connectivity index (χ2n) is 6.60. The van der Waals surface area contributed by atoms with Crippen molar-refractivity contribution in [3.8, 4) is 0 Å². The molecule has 1 aliphatic heterocycles. The van der Waals surface area contributed by atoms with Crippen LogP contribution in [0, 0.1) is 6.92 Å². The van der Waals surface area contributed by atoms with Gasteiger partial charge in [-0.2, -0.15) is 0 Å². The molecule has 1 aromatic carbocycles. The monoisotopic (exact) mass is 333 g/mol. The van der Waals surface area contributed by atoms with E-state index in [2.05, 4.69) is 0 Å². The van der Waals surface area contributed by atoms with E-state index in [4.69, 9.17) is 4.74 Å². The highest BCUT2D eigenvalue weighted by Crippen LogP contribution is 2.31. The molecule has 1 heterocycles. The number of amides is 2. The van der Waals surface area contributed by atoms with E-state index < -0.39 is 12.1 Å². The lowest BCUT2D eigenvalue weighted by molar-refractivity contribution is -0.166. The van der Waals surface area contributed by atoms with E-state index in [9.17, 15) is 9.59 Å². The standard InChI is InChI=1S/C18H27N3O3/c1-13-8-6-7-9-14(13)16-17(24-12-15(22)21(16)5)18(23)20(4)11-10-19(2)3/h6-9,16-17H,10-12H2,1-5H3/t16-,17+/m1/s1. The zero-order valence-electron chi connectivity index (χ0n) is 15.2. The molecule has 1 fully saturated rings. The molecule has 0 radical (unpaired) electrons. The van der Waals surface area contributed by atoms with Crippen LogP contribution in [0.1, 0.15) is 17.2 Å². The van der Waals surface area contributed by atoms with Gasteiger partial charge in [0.25, 0.3) is 5.91 Å². The molecule has 0 aromatic heterocycles. The van der Waals surface area contributed by atoms with Crippen molar-refractivity contribution in [3.63, 3.8) is 0 Å². The number of likely N-dealkylation sites (N-methyl/N-ethyl adjacent to an activating group) is 3. The number of rotatable bonds is 5. The lowest BCUT2D eigenvalue weighted by Gasteiger charge is -2.40. The number of aryl methyl sites for hydroxylation is 1. The van der Waals surface area contributed by atoms with E-state index in [1.54, 1.807) is 23.9 Å². The molecule has 0 aliphatic carbocycles. The van der Waals surface area contributed by atoms with Crippen LogP contribution in [0.4, 0.5) is 0 Å². The van der Waals surface area contributed by atoms with E-state index in [1.165, 1.54) is 0 Å². The van der Waals surface area contributed by atoms with Gasteiger partial charge in [0.2, 0.25) is 5.91 Å². The average Bonchev–Trinajstić information content (AvgIpc) is 2.55. The van der Waals surface area contributed by atoms with Gasteiger partial charge < -0.3 is 19.4 Å². The Morgan fingerprint density at radius 1 is 1.25 bits per heavy atom. The number of ether oxygens (including phenoxy) is 1. The number of carbonyl (C=O) groups is 2. The van der Waals surface area contributed by atoms with E-state index in [1.807, 2.05) is 50.2 Å². The molecule has 0 N–H and O–H groups in total. The van der Waals surface area contributed by atoms with Crippen molar-refractivity contribution in [2.45, 2.75) is 19.1 Å². The van der Waals surface area contributed by atoms with Crippen molar-refractivity contribution in [2.24, 2.45) is 0 Å². The van der Waals surface area contributed by atoms with Gasteiger partial charge in [0.15, 0.2) is 6.10 Å². The Bertz CT molecular complexity index is 603. The summed E-state index contributed by atoms with van der Waals surface area (Å²) in [4.78, 5) is 30.4. The summed E-state index contributed by atoms with van der Waals surface area (Å²) < 4.78 is 5.68. The minimum atomic E-state index is -0.680. The van der Waals surface area contributed by atoms with Crippen LogP contribution < -0.4 is 0 Å². The zero-order valence-corrected chi connectivity index (χ0v) is 15.2. The first-order chi connectivity index (χ1) is 11.3. The van der Waals surface area contributed by atoms with Gasteiger partial charge in [0, 0.05) is 27.2 Å². The van der Waals surface area contributed by atoms with Crippen molar-refractivity contribution < 1.29 is 14.3 Å². The third-order valence-electron chi connectivity index (χ3n) is 4.49. The summed E-state index contributed by atoms with van der Waals surface area (Å²) in [6.07, 6.45) is -0.680. The van der Waals surface area contributed by atoms with Crippen LogP contribution in [-0.2, 0) is 14.3 Å². The molecule has 6 heteroatoms. The molecule has 2 rings (SSSR count). The lowest BCUT2D eigenvalue weighted by Crippen LogP contribution is -2.54. The third kappa shape index (κ3) is 3.94. The number of benzene rings is 1. The molecule has 6 nitrogen and oxygen atoms in total. The molecule has 1 aromatic rings. The van der Waals surface area contributed by atoms with Crippen LogP contribution in [0.2, 0.25) is 0 Å². The maximum Gasteiger partial charge on any atom is 0.254 e. The summed E-state index contributed by atoms with van der Waals surface area (Å²) in [5.74, 6) is -0.201. The lowest BCUT2D eigenvalue weighted by atomic mass is 9.93. The van der Waals surface area contributed by atoms with E-state index in [0.29, 0.717) is 6.54 Å². The Labute approximate surface area is 144 Å². The molecule has 1 saturated heterocycles. The summed E-state index contributed by atoms with van der Waals surface area (Å²) >= 11 is 0. The largest absolute Gasteiger partial charge is 0.356 e. The molecular formula is C18H27N3O3. The normalized spacial score (nSPS) is 21.2. The number of morpholine rings is 1. The minimum Gasteiger partial charge on any atom is -0.356 e. The number of nitrogens with zero attached hydrogens (tertiary/aromatic N) is 3. The van der Waals surface area contributed by atoms with Gasteiger partial charge in [-0.25, -0.2) is 0 Å². The maximum atomic E-state index is 12.9. The van der Waals surface area contributed by atoms with Gasteiger partial charge in [0.05, 0.1) is 6.04 Å². The van der Waals surface area contributed by atoms with Crippen LogP contribution >= 0.6 is 0 Å². The fraction of sp³-hybridized carbons (Fsp3) is 0.556. The van der Waals surface area contributed by atoms with Crippen molar-refractivity contribution in [1.82, 2.24) is 14.7 Å². The Hall–Kier alpha value is -1.92. The smallest absolute Gasteiger partial charge is 0.254 e. The molecule has 132 valence electrons.